The van der Waals surface area contributed by atoms with Gasteiger partial charge in [-0.25, -0.2) is 0 Å². The van der Waals surface area contributed by atoms with Crippen LogP contribution < -0.4 is 10.1 Å². The third-order valence-electron chi connectivity index (χ3n) is 3.13. The Morgan fingerprint density at radius 2 is 2.10 bits per heavy atom. The van der Waals surface area contributed by atoms with E-state index in [0.29, 0.717) is 6.54 Å². The highest BCUT2D eigenvalue weighted by Gasteiger charge is 2.06. The van der Waals surface area contributed by atoms with Crippen LogP contribution in [0.3, 0.4) is 0 Å². The summed E-state index contributed by atoms with van der Waals surface area (Å²) in [7, 11) is 0. The van der Waals surface area contributed by atoms with E-state index < -0.39 is 0 Å². The molecule has 0 saturated heterocycles. The van der Waals surface area contributed by atoms with Crippen molar-refractivity contribution in [3.63, 3.8) is 0 Å². The normalized spacial score (nSPS) is 10.3. The van der Waals surface area contributed by atoms with Crippen molar-refractivity contribution in [2.75, 3.05) is 6.61 Å². The fourth-order valence-electron chi connectivity index (χ4n) is 1.90. The number of carbonyl (C=O) groups is 1. The molecule has 1 amide bonds. The number of para-hydroxylation sites is 1. The molecule has 1 aromatic heterocycles. The summed E-state index contributed by atoms with van der Waals surface area (Å²) in [6, 6.07) is 9.87. The Kier molecular flexibility index (Phi) is 5.18. The van der Waals surface area contributed by atoms with Gasteiger partial charge in [0.05, 0.1) is 6.54 Å². The third kappa shape index (κ3) is 3.84. The lowest BCUT2D eigenvalue weighted by Crippen LogP contribution is -2.28. The maximum Gasteiger partial charge on any atom is 0.258 e. The molecule has 106 valence electrons. The summed E-state index contributed by atoms with van der Waals surface area (Å²) in [6.45, 7) is 4.75. The molecule has 0 unspecified atom stereocenters. The minimum atomic E-state index is -0.0938. The fraction of sp³-hybridized carbons (Fsp3) is 0.312. The third-order valence-corrected chi connectivity index (χ3v) is 4.15. The molecule has 0 fully saturated rings. The molecule has 0 radical (unpaired) electrons. The molecule has 1 N–H and O–H groups in total. The molecule has 0 atom stereocenters. The number of benzene rings is 1. The van der Waals surface area contributed by atoms with Crippen molar-refractivity contribution in [2.45, 2.75) is 26.8 Å². The largest absolute Gasteiger partial charge is 0.483 e. The standard InChI is InChI=1S/C16H19NO2S/c1-3-13-6-4-5-7-14(13)19-11-16(18)17-10-15-12(2)8-9-20-15/h4-9H,3,10-11H2,1-2H3,(H,17,18). The molecule has 20 heavy (non-hydrogen) atoms. The second kappa shape index (κ2) is 7.10. The first-order chi connectivity index (χ1) is 9.70. The summed E-state index contributed by atoms with van der Waals surface area (Å²) in [5, 5.41) is 4.91. The van der Waals surface area contributed by atoms with Crippen LogP contribution >= 0.6 is 11.3 Å². The number of hydrogen-bond acceptors (Lipinski definition) is 3. The predicted octanol–water partition coefficient (Wildman–Crippen LogP) is 3.31. The van der Waals surface area contributed by atoms with Crippen LogP contribution in [0.4, 0.5) is 0 Å². The first-order valence-electron chi connectivity index (χ1n) is 6.71. The van der Waals surface area contributed by atoms with Crippen LogP contribution in [0.15, 0.2) is 35.7 Å². The van der Waals surface area contributed by atoms with Crippen LogP contribution in [0.1, 0.15) is 22.9 Å². The van der Waals surface area contributed by atoms with Crippen LogP contribution in [0.5, 0.6) is 5.75 Å². The van der Waals surface area contributed by atoms with Gasteiger partial charge in [0.2, 0.25) is 0 Å². The summed E-state index contributed by atoms with van der Waals surface area (Å²) < 4.78 is 5.58. The van der Waals surface area contributed by atoms with Crippen LogP contribution in [0.2, 0.25) is 0 Å². The van der Waals surface area contributed by atoms with Gasteiger partial charge in [-0.1, -0.05) is 25.1 Å². The monoisotopic (exact) mass is 289 g/mol. The smallest absolute Gasteiger partial charge is 0.258 e. The number of amides is 1. The Hall–Kier alpha value is -1.81. The predicted molar refractivity (Wildman–Crippen MR) is 82.2 cm³/mol. The van der Waals surface area contributed by atoms with Gasteiger partial charge < -0.3 is 10.1 Å². The van der Waals surface area contributed by atoms with Crippen molar-refractivity contribution >= 4 is 17.2 Å². The minimum absolute atomic E-state index is 0.0570. The molecule has 2 aromatic rings. The van der Waals surface area contributed by atoms with Gasteiger partial charge in [0.1, 0.15) is 5.75 Å². The van der Waals surface area contributed by atoms with E-state index in [1.165, 1.54) is 10.4 Å². The van der Waals surface area contributed by atoms with E-state index in [1.54, 1.807) is 11.3 Å². The number of ether oxygens (including phenoxy) is 1. The number of aryl methyl sites for hydroxylation is 2. The lowest BCUT2D eigenvalue weighted by Gasteiger charge is -2.10. The lowest BCUT2D eigenvalue weighted by atomic mass is 10.1. The molecular formula is C16H19NO2S. The van der Waals surface area contributed by atoms with Gasteiger partial charge in [-0.3, -0.25) is 4.79 Å². The van der Waals surface area contributed by atoms with Gasteiger partial charge in [-0.15, -0.1) is 11.3 Å². The van der Waals surface area contributed by atoms with E-state index in [2.05, 4.69) is 18.3 Å². The fourth-order valence-corrected chi connectivity index (χ4v) is 2.74. The molecule has 0 saturated carbocycles. The van der Waals surface area contributed by atoms with Crippen LogP contribution in [0.25, 0.3) is 0 Å². The van der Waals surface area contributed by atoms with Crippen LogP contribution in [-0.2, 0) is 17.8 Å². The zero-order valence-electron chi connectivity index (χ0n) is 11.8. The van der Waals surface area contributed by atoms with Crippen LogP contribution in [-0.4, -0.2) is 12.5 Å². The molecule has 0 spiro atoms. The van der Waals surface area contributed by atoms with E-state index in [0.717, 1.165) is 17.7 Å². The van der Waals surface area contributed by atoms with E-state index in [9.17, 15) is 4.79 Å². The number of rotatable bonds is 6. The molecule has 1 heterocycles. The first-order valence-corrected chi connectivity index (χ1v) is 7.59. The molecular weight excluding hydrogens is 270 g/mol. The van der Waals surface area contributed by atoms with Crippen molar-refractivity contribution in [1.82, 2.24) is 5.32 Å². The highest BCUT2D eigenvalue weighted by Crippen LogP contribution is 2.18. The van der Waals surface area contributed by atoms with E-state index in [4.69, 9.17) is 4.74 Å². The summed E-state index contributed by atoms with van der Waals surface area (Å²) in [5.74, 6) is 0.696. The Bertz CT molecular complexity index is 577. The highest BCUT2D eigenvalue weighted by atomic mass is 32.1. The topological polar surface area (TPSA) is 38.3 Å². The summed E-state index contributed by atoms with van der Waals surface area (Å²) in [4.78, 5) is 13.0. The highest BCUT2D eigenvalue weighted by molar-refractivity contribution is 7.10. The van der Waals surface area contributed by atoms with Gasteiger partial charge in [0, 0.05) is 4.88 Å². The SMILES string of the molecule is CCc1ccccc1OCC(=O)NCc1sccc1C. The maximum atomic E-state index is 11.8. The Labute approximate surface area is 123 Å². The van der Waals surface area contributed by atoms with Gasteiger partial charge in [-0.05, 0) is 42.0 Å². The molecule has 4 heteroatoms. The summed E-state index contributed by atoms with van der Waals surface area (Å²) >= 11 is 1.66. The van der Waals surface area contributed by atoms with Gasteiger partial charge in [-0.2, -0.15) is 0 Å². The number of nitrogens with one attached hydrogen (secondary N) is 1. The van der Waals surface area contributed by atoms with Gasteiger partial charge in [0.15, 0.2) is 6.61 Å². The zero-order chi connectivity index (χ0) is 14.4. The van der Waals surface area contributed by atoms with Gasteiger partial charge in [0.25, 0.3) is 5.91 Å². The van der Waals surface area contributed by atoms with Crippen LogP contribution in [0, 0.1) is 6.92 Å². The zero-order valence-corrected chi connectivity index (χ0v) is 12.6. The Morgan fingerprint density at radius 1 is 1.30 bits per heavy atom. The van der Waals surface area contributed by atoms with Crippen molar-refractivity contribution < 1.29 is 9.53 Å². The average Bonchev–Trinajstić information content (AvgIpc) is 2.88. The second-order valence-corrected chi connectivity index (χ2v) is 5.55. The van der Waals surface area contributed by atoms with Crippen molar-refractivity contribution in [3.05, 3.63) is 51.7 Å². The van der Waals surface area contributed by atoms with E-state index in [1.807, 2.05) is 36.6 Å². The van der Waals surface area contributed by atoms with E-state index in [-0.39, 0.29) is 12.5 Å². The molecule has 1 aromatic carbocycles. The van der Waals surface area contributed by atoms with Gasteiger partial charge >= 0.3 is 0 Å². The van der Waals surface area contributed by atoms with Crippen molar-refractivity contribution in [3.8, 4) is 5.75 Å². The lowest BCUT2D eigenvalue weighted by molar-refractivity contribution is -0.123. The quantitative estimate of drug-likeness (QED) is 0.886. The average molecular weight is 289 g/mol. The number of hydrogen-bond donors (Lipinski definition) is 1. The van der Waals surface area contributed by atoms with Crippen molar-refractivity contribution in [1.29, 1.82) is 0 Å². The minimum Gasteiger partial charge on any atom is -0.483 e. The molecule has 0 bridgehead atoms. The van der Waals surface area contributed by atoms with E-state index >= 15 is 0 Å². The molecule has 2 rings (SSSR count). The maximum absolute atomic E-state index is 11.8. The molecule has 0 aliphatic carbocycles. The molecule has 3 nitrogen and oxygen atoms in total. The first kappa shape index (κ1) is 14.6. The Balaban J connectivity index is 1.82. The summed E-state index contributed by atoms with van der Waals surface area (Å²) in [5.41, 5.74) is 2.34. The molecule has 0 aliphatic heterocycles. The second-order valence-electron chi connectivity index (χ2n) is 4.55. The Morgan fingerprint density at radius 3 is 2.80 bits per heavy atom. The number of carbonyl (C=O) groups excluding carboxylic acids is 1. The summed E-state index contributed by atoms with van der Waals surface area (Å²) in [6.07, 6.45) is 0.895. The number of thiophene rings is 1. The molecule has 0 aliphatic rings. The van der Waals surface area contributed by atoms with Crippen molar-refractivity contribution in [2.24, 2.45) is 0 Å².